The van der Waals surface area contributed by atoms with Crippen LogP contribution in [0.25, 0.3) is 0 Å². The number of nitrogens with zero attached hydrogens (tertiary/aromatic N) is 2. The van der Waals surface area contributed by atoms with Gasteiger partial charge in [-0.3, -0.25) is 9.48 Å². The van der Waals surface area contributed by atoms with Crippen LogP contribution in [0.15, 0.2) is 27.9 Å². The molecule has 2 heterocycles. The van der Waals surface area contributed by atoms with Gasteiger partial charge in [0.15, 0.2) is 0 Å². The molecule has 7 nitrogen and oxygen atoms in total. The standard InChI is InChI=1S/C12H15N3O4S2/c1-8-9(7-15(2)13-8)6-10(12(16)17)14-21(18,19)11-4-3-5-20-11/h3-5,7,10,14H,6H2,1-2H3,(H,16,17). The number of aromatic nitrogens is 2. The zero-order chi connectivity index (χ0) is 15.6. The highest BCUT2D eigenvalue weighted by Crippen LogP contribution is 2.17. The Balaban J connectivity index is 2.21. The lowest BCUT2D eigenvalue weighted by molar-refractivity contribution is -0.138. The van der Waals surface area contributed by atoms with Gasteiger partial charge in [-0.25, -0.2) is 8.42 Å². The molecular weight excluding hydrogens is 314 g/mol. The van der Waals surface area contributed by atoms with Crippen LogP contribution in [0, 0.1) is 6.92 Å². The van der Waals surface area contributed by atoms with Crippen molar-refractivity contribution < 1.29 is 18.3 Å². The van der Waals surface area contributed by atoms with Crippen molar-refractivity contribution in [3.8, 4) is 0 Å². The summed E-state index contributed by atoms with van der Waals surface area (Å²) in [6.07, 6.45) is 1.73. The third-order valence-corrected chi connectivity index (χ3v) is 5.76. The van der Waals surface area contributed by atoms with Gasteiger partial charge in [0.05, 0.1) is 5.69 Å². The van der Waals surface area contributed by atoms with Crippen LogP contribution >= 0.6 is 11.3 Å². The molecule has 1 unspecified atom stereocenters. The van der Waals surface area contributed by atoms with E-state index in [0.29, 0.717) is 11.3 Å². The Kier molecular flexibility index (Phi) is 4.45. The Morgan fingerprint density at radius 2 is 2.29 bits per heavy atom. The van der Waals surface area contributed by atoms with Crippen LogP contribution in [0.2, 0.25) is 0 Å². The van der Waals surface area contributed by atoms with Gasteiger partial charge in [0.25, 0.3) is 10.0 Å². The predicted molar refractivity (Wildman–Crippen MR) is 77.7 cm³/mol. The third-order valence-electron chi connectivity index (χ3n) is 2.89. The molecule has 2 aromatic rings. The normalized spacial score (nSPS) is 13.2. The van der Waals surface area contributed by atoms with Gasteiger partial charge in [-0.05, 0) is 23.9 Å². The highest BCUT2D eigenvalue weighted by Gasteiger charge is 2.27. The van der Waals surface area contributed by atoms with Crippen molar-refractivity contribution in [2.24, 2.45) is 7.05 Å². The molecule has 0 aliphatic rings. The number of carboxylic acids is 1. The summed E-state index contributed by atoms with van der Waals surface area (Å²) in [6.45, 7) is 1.75. The predicted octanol–water partition coefficient (Wildman–Crippen LogP) is 0.764. The summed E-state index contributed by atoms with van der Waals surface area (Å²) in [7, 11) is -2.10. The van der Waals surface area contributed by atoms with Crippen molar-refractivity contribution in [1.82, 2.24) is 14.5 Å². The first-order valence-electron chi connectivity index (χ1n) is 6.07. The van der Waals surface area contributed by atoms with E-state index in [1.165, 1.54) is 6.07 Å². The number of carbonyl (C=O) groups is 1. The van der Waals surface area contributed by atoms with E-state index in [-0.39, 0.29) is 10.6 Å². The molecule has 114 valence electrons. The second kappa shape index (κ2) is 5.96. The lowest BCUT2D eigenvalue weighted by Gasteiger charge is -2.13. The van der Waals surface area contributed by atoms with Crippen LogP contribution < -0.4 is 4.72 Å². The summed E-state index contributed by atoms with van der Waals surface area (Å²) in [5.74, 6) is -1.22. The second-order valence-corrected chi connectivity index (χ2v) is 7.45. The van der Waals surface area contributed by atoms with Crippen LogP contribution in [0.4, 0.5) is 0 Å². The first kappa shape index (κ1) is 15.7. The highest BCUT2D eigenvalue weighted by atomic mass is 32.2. The van der Waals surface area contributed by atoms with Crippen LogP contribution in [-0.2, 0) is 28.3 Å². The molecule has 0 aliphatic carbocycles. The summed E-state index contributed by atoms with van der Waals surface area (Å²) >= 11 is 1.04. The number of carboxylic acid groups (broad SMARTS) is 1. The van der Waals surface area contributed by atoms with E-state index in [1.54, 1.807) is 36.3 Å². The summed E-state index contributed by atoms with van der Waals surface area (Å²) in [6, 6.07) is 1.79. The van der Waals surface area contributed by atoms with E-state index in [2.05, 4.69) is 9.82 Å². The third kappa shape index (κ3) is 3.69. The summed E-state index contributed by atoms with van der Waals surface area (Å²) in [4.78, 5) is 11.3. The van der Waals surface area contributed by atoms with Gasteiger partial charge in [-0.1, -0.05) is 6.07 Å². The number of thiophene rings is 1. The molecule has 0 amide bonds. The van der Waals surface area contributed by atoms with Gasteiger partial charge in [0.2, 0.25) is 0 Å². The van der Waals surface area contributed by atoms with Gasteiger partial charge in [0, 0.05) is 19.7 Å². The molecule has 21 heavy (non-hydrogen) atoms. The zero-order valence-electron chi connectivity index (χ0n) is 11.5. The largest absolute Gasteiger partial charge is 0.480 e. The topological polar surface area (TPSA) is 101 Å². The number of nitrogens with one attached hydrogen (secondary N) is 1. The quantitative estimate of drug-likeness (QED) is 0.815. The Hall–Kier alpha value is -1.71. The summed E-state index contributed by atoms with van der Waals surface area (Å²) in [5, 5.41) is 15.0. The molecule has 0 radical (unpaired) electrons. The maximum atomic E-state index is 12.1. The van der Waals surface area contributed by atoms with Crippen molar-refractivity contribution in [1.29, 1.82) is 0 Å². The number of aryl methyl sites for hydroxylation is 2. The van der Waals surface area contributed by atoms with E-state index in [9.17, 15) is 18.3 Å². The second-order valence-electron chi connectivity index (χ2n) is 4.56. The lowest BCUT2D eigenvalue weighted by atomic mass is 10.1. The average molecular weight is 329 g/mol. The monoisotopic (exact) mass is 329 g/mol. The van der Waals surface area contributed by atoms with Crippen molar-refractivity contribution in [3.63, 3.8) is 0 Å². The Morgan fingerprint density at radius 3 is 2.76 bits per heavy atom. The van der Waals surface area contributed by atoms with Gasteiger partial charge >= 0.3 is 5.97 Å². The van der Waals surface area contributed by atoms with Crippen LogP contribution in [0.1, 0.15) is 11.3 Å². The van der Waals surface area contributed by atoms with E-state index in [1.807, 2.05) is 0 Å². The molecule has 0 saturated heterocycles. The Bertz CT molecular complexity index is 735. The first-order valence-corrected chi connectivity index (χ1v) is 8.43. The molecular formula is C12H15N3O4S2. The number of hydrogen-bond acceptors (Lipinski definition) is 5. The molecule has 9 heteroatoms. The smallest absolute Gasteiger partial charge is 0.322 e. The molecule has 1 atom stereocenters. The summed E-state index contributed by atoms with van der Waals surface area (Å²) in [5.41, 5.74) is 1.37. The van der Waals surface area contributed by atoms with E-state index >= 15 is 0 Å². The molecule has 2 rings (SSSR count). The number of aliphatic carboxylic acids is 1. The number of rotatable bonds is 6. The lowest BCUT2D eigenvalue weighted by Crippen LogP contribution is -2.42. The van der Waals surface area contributed by atoms with E-state index in [4.69, 9.17) is 0 Å². The highest BCUT2D eigenvalue weighted by molar-refractivity contribution is 7.91. The zero-order valence-corrected chi connectivity index (χ0v) is 13.1. The van der Waals surface area contributed by atoms with E-state index < -0.39 is 22.0 Å². The fourth-order valence-corrected chi connectivity index (χ4v) is 4.11. The minimum atomic E-state index is -3.83. The maximum absolute atomic E-state index is 12.1. The van der Waals surface area contributed by atoms with Crippen molar-refractivity contribution in [2.75, 3.05) is 0 Å². The fourth-order valence-electron chi connectivity index (χ4n) is 1.91. The van der Waals surface area contributed by atoms with Crippen molar-refractivity contribution in [3.05, 3.63) is 35.0 Å². The van der Waals surface area contributed by atoms with Crippen molar-refractivity contribution >= 4 is 27.3 Å². The maximum Gasteiger partial charge on any atom is 0.322 e. The SMILES string of the molecule is Cc1nn(C)cc1CC(NS(=O)(=O)c1cccs1)C(=O)O. The van der Waals surface area contributed by atoms with Crippen LogP contribution in [-0.4, -0.2) is 35.3 Å². The molecule has 0 saturated carbocycles. The van der Waals surface area contributed by atoms with Gasteiger partial charge in [-0.15, -0.1) is 11.3 Å². The molecule has 0 spiro atoms. The van der Waals surface area contributed by atoms with Gasteiger partial charge in [0.1, 0.15) is 10.3 Å². The van der Waals surface area contributed by atoms with Gasteiger partial charge in [-0.2, -0.15) is 9.82 Å². The Morgan fingerprint density at radius 1 is 1.57 bits per heavy atom. The van der Waals surface area contributed by atoms with Crippen LogP contribution in [0.5, 0.6) is 0 Å². The summed E-state index contributed by atoms with van der Waals surface area (Å²) < 4.78 is 28.1. The fraction of sp³-hybridized carbons (Fsp3) is 0.333. The number of hydrogen-bond donors (Lipinski definition) is 2. The average Bonchev–Trinajstić information content (AvgIpc) is 2.99. The van der Waals surface area contributed by atoms with Crippen LogP contribution in [0.3, 0.4) is 0 Å². The van der Waals surface area contributed by atoms with Gasteiger partial charge < -0.3 is 5.11 Å². The minimum Gasteiger partial charge on any atom is -0.480 e. The molecule has 2 N–H and O–H groups in total. The molecule has 2 aromatic heterocycles. The molecule has 0 aliphatic heterocycles. The van der Waals surface area contributed by atoms with Crippen molar-refractivity contribution in [2.45, 2.75) is 23.6 Å². The molecule has 0 fully saturated rings. The molecule has 0 bridgehead atoms. The minimum absolute atomic E-state index is 0.0413. The first-order chi connectivity index (χ1) is 9.79. The number of sulfonamides is 1. The Labute approximate surface area is 126 Å². The molecule has 0 aromatic carbocycles. The van der Waals surface area contributed by atoms with E-state index in [0.717, 1.165) is 11.3 Å².